The molecule has 0 spiro atoms. The van der Waals surface area contributed by atoms with Crippen LogP contribution in [0.25, 0.3) is 0 Å². The van der Waals surface area contributed by atoms with Gasteiger partial charge in [0.25, 0.3) is 0 Å². The third-order valence-electron chi connectivity index (χ3n) is 3.07. The van der Waals surface area contributed by atoms with Gasteiger partial charge in [0.15, 0.2) is 5.82 Å². The van der Waals surface area contributed by atoms with Crippen LogP contribution in [0.1, 0.15) is 30.5 Å². The van der Waals surface area contributed by atoms with Gasteiger partial charge < -0.3 is 19.7 Å². The van der Waals surface area contributed by atoms with Crippen molar-refractivity contribution in [2.45, 2.75) is 31.3 Å². The van der Waals surface area contributed by atoms with Crippen LogP contribution in [0.3, 0.4) is 0 Å². The van der Waals surface area contributed by atoms with E-state index in [2.05, 4.69) is 10.1 Å². The Hall–Kier alpha value is -0.980. The highest BCUT2D eigenvalue weighted by atomic mass is 16.5. The van der Waals surface area contributed by atoms with E-state index >= 15 is 0 Å². The fraction of sp³-hybridized carbons (Fsp3) is 0.818. The second-order valence-electron chi connectivity index (χ2n) is 4.23. The summed E-state index contributed by atoms with van der Waals surface area (Å²) in [7, 11) is 1.63. The quantitative estimate of drug-likeness (QED) is 0.807. The first kappa shape index (κ1) is 12.5. The third kappa shape index (κ3) is 3.24. The van der Waals surface area contributed by atoms with E-state index in [-0.39, 0.29) is 6.10 Å². The van der Waals surface area contributed by atoms with E-state index < -0.39 is 0 Å². The topological polar surface area (TPSA) is 83.4 Å². The van der Waals surface area contributed by atoms with Gasteiger partial charge in [0.2, 0.25) is 5.89 Å². The van der Waals surface area contributed by atoms with Gasteiger partial charge in [-0.25, -0.2) is 0 Å². The third-order valence-corrected chi connectivity index (χ3v) is 3.07. The number of hydrogen-bond donors (Lipinski definition) is 1. The van der Waals surface area contributed by atoms with Crippen molar-refractivity contribution in [1.82, 2.24) is 10.1 Å². The van der Waals surface area contributed by atoms with Gasteiger partial charge in [-0.1, -0.05) is 5.16 Å². The Labute approximate surface area is 100 Å². The normalized spacial score (nSPS) is 19.4. The van der Waals surface area contributed by atoms with Gasteiger partial charge in [-0.05, 0) is 12.8 Å². The van der Waals surface area contributed by atoms with Crippen LogP contribution in [0, 0.1) is 0 Å². The molecular weight excluding hydrogens is 222 g/mol. The van der Waals surface area contributed by atoms with E-state index in [0.717, 1.165) is 31.9 Å². The van der Waals surface area contributed by atoms with Crippen LogP contribution < -0.4 is 5.73 Å². The van der Waals surface area contributed by atoms with Gasteiger partial charge >= 0.3 is 0 Å². The van der Waals surface area contributed by atoms with Crippen molar-refractivity contribution < 1.29 is 14.0 Å². The Bertz CT molecular complexity index is 332. The number of hydrogen-bond acceptors (Lipinski definition) is 6. The maximum Gasteiger partial charge on any atom is 0.229 e. The average molecular weight is 241 g/mol. The van der Waals surface area contributed by atoms with Crippen LogP contribution >= 0.6 is 0 Å². The molecule has 1 saturated heterocycles. The first-order valence-electron chi connectivity index (χ1n) is 5.96. The number of aromatic nitrogens is 2. The van der Waals surface area contributed by atoms with Gasteiger partial charge in [-0.15, -0.1) is 0 Å². The molecule has 0 bridgehead atoms. The summed E-state index contributed by atoms with van der Waals surface area (Å²) in [5.74, 6) is 1.75. The molecule has 0 amide bonds. The second-order valence-corrected chi connectivity index (χ2v) is 4.23. The smallest absolute Gasteiger partial charge is 0.229 e. The Morgan fingerprint density at radius 2 is 2.24 bits per heavy atom. The molecule has 0 saturated carbocycles. The highest BCUT2D eigenvalue weighted by Gasteiger charge is 2.22. The van der Waals surface area contributed by atoms with Gasteiger partial charge in [0, 0.05) is 32.8 Å². The molecule has 2 rings (SSSR count). The van der Waals surface area contributed by atoms with Gasteiger partial charge in [-0.3, -0.25) is 0 Å². The Morgan fingerprint density at radius 3 is 2.88 bits per heavy atom. The summed E-state index contributed by atoms with van der Waals surface area (Å²) in [6.45, 7) is 2.00. The molecule has 17 heavy (non-hydrogen) atoms. The Kier molecular flexibility index (Phi) is 4.47. The summed E-state index contributed by atoms with van der Waals surface area (Å²) in [6, 6.07) is 0. The molecule has 1 aromatic rings. The van der Waals surface area contributed by atoms with E-state index in [4.69, 9.17) is 19.7 Å². The van der Waals surface area contributed by atoms with Crippen LogP contribution in [0.5, 0.6) is 0 Å². The number of nitrogens with two attached hydrogens (primary N) is 1. The van der Waals surface area contributed by atoms with Crippen molar-refractivity contribution in [2.75, 3.05) is 26.9 Å². The molecule has 0 aromatic carbocycles. The molecule has 1 aliphatic rings. The number of methoxy groups -OCH3 is 1. The molecule has 1 atom stereocenters. The predicted molar refractivity (Wildman–Crippen MR) is 60.6 cm³/mol. The number of ether oxygens (including phenoxy) is 2. The predicted octanol–water partition coefficient (Wildman–Crippen LogP) is 0.480. The lowest BCUT2D eigenvalue weighted by atomic mass is 10.00. The highest BCUT2D eigenvalue weighted by molar-refractivity contribution is 4.97. The average Bonchev–Trinajstić information content (AvgIpc) is 2.85. The second kappa shape index (κ2) is 6.09. The molecule has 1 aromatic heterocycles. The van der Waals surface area contributed by atoms with Crippen molar-refractivity contribution in [2.24, 2.45) is 5.73 Å². The summed E-state index contributed by atoms with van der Waals surface area (Å²) >= 11 is 0. The zero-order valence-electron chi connectivity index (χ0n) is 10.1. The molecule has 1 unspecified atom stereocenters. The minimum atomic E-state index is -0.0574. The standard InChI is InChI=1S/C11H19N3O3/c1-15-9(7-12)6-10-13-11(14-17-10)8-2-4-16-5-3-8/h8-9H,2-7,12H2,1H3. The minimum absolute atomic E-state index is 0.0574. The zero-order valence-corrected chi connectivity index (χ0v) is 10.1. The largest absolute Gasteiger partial charge is 0.381 e. The summed E-state index contributed by atoms with van der Waals surface area (Å²) in [5, 5.41) is 4.02. The lowest BCUT2D eigenvalue weighted by Crippen LogP contribution is -2.24. The molecule has 96 valence electrons. The highest BCUT2D eigenvalue weighted by Crippen LogP contribution is 2.24. The van der Waals surface area contributed by atoms with E-state index in [9.17, 15) is 0 Å². The van der Waals surface area contributed by atoms with E-state index in [1.165, 1.54) is 0 Å². The molecule has 6 nitrogen and oxygen atoms in total. The van der Waals surface area contributed by atoms with Gasteiger partial charge in [0.1, 0.15) is 0 Å². The molecule has 0 aliphatic carbocycles. The Balaban J connectivity index is 1.94. The molecule has 0 radical (unpaired) electrons. The van der Waals surface area contributed by atoms with Crippen LogP contribution in [0.4, 0.5) is 0 Å². The fourth-order valence-corrected chi connectivity index (χ4v) is 1.93. The van der Waals surface area contributed by atoms with E-state index in [1.54, 1.807) is 7.11 Å². The van der Waals surface area contributed by atoms with Crippen molar-refractivity contribution in [3.63, 3.8) is 0 Å². The van der Waals surface area contributed by atoms with Crippen molar-refractivity contribution >= 4 is 0 Å². The molecule has 2 heterocycles. The maximum atomic E-state index is 5.55. The van der Waals surface area contributed by atoms with E-state index in [0.29, 0.717) is 24.8 Å². The van der Waals surface area contributed by atoms with Gasteiger partial charge in [0.05, 0.1) is 12.5 Å². The SMILES string of the molecule is COC(CN)Cc1nc(C2CCOCC2)no1. The lowest BCUT2D eigenvalue weighted by Gasteiger charge is -2.18. The van der Waals surface area contributed by atoms with Crippen molar-refractivity contribution in [3.05, 3.63) is 11.7 Å². The summed E-state index contributed by atoms with van der Waals surface area (Å²) < 4.78 is 15.7. The Morgan fingerprint density at radius 1 is 1.47 bits per heavy atom. The molecule has 1 fully saturated rings. The molecular formula is C11H19N3O3. The van der Waals surface area contributed by atoms with Gasteiger partial charge in [-0.2, -0.15) is 4.98 Å². The molecule has 6 heteroatoms. The van der Waals surface area contributed by atoms with Crippen molar-refractivity contribution in [3.8, 4) is 0 Å². The summed E-state index contributed by atoms with van der Waals surface area (Å²) in [5.41, 5.74) is 5.55. The first-order chi connectivity index (χ1) is 8.33. The maximum absolute atomic E-state index is 5.55. The summed E-state index contributed by atoms with van der Waals surface area (Å²) in [6.07, 6.45) is 2.44. The molecule has 2 N–H and O–H groups in total. The number of nitrogens with zero attached hydrogens (tertiary/aromatic N) is 2. The fourth-order valence-electron chi connectivity index (χ4n) is 1.93. The van der Waals surface area contributed by atoms with Crippen molar-refractivity contribution in [1.29, 1.82) is 0 Å². The number of rotatable bonds is 5. The monoisotopic (exact) mass is 241 g/mol. The van der Waals surface area contributed by atoms with Crippen LogP contribution in [-0.4, -0.2) is 43.1 Å². The van der Waals surface area contributed by atoms with Crippen LogP contribution in [-0.2, 0) is 15.9 Å². The zero-order chi connectivity index (χ0) is 12.1. The molecule has 1 aliphatic heterocycles. The van der Waals surface area contributed by atoms with Crippen LogP contribution in [0.15, 0.2) is 4.52 Å². The first-order valence-corrected chi connectivity index (χ1v) is 5.96. The van der Waals surface area contributed by atoms with E-state index in [1.807, 2.05) is 0 Å². The lowest BCUT2D eigenvalue weighted by molar-refractivity contribution is 0.0830. The summed E-state index contributed by atoms with van der Waals surface area (Å²) in [4.78, 5) is 4.40. The van der Waals surface area contributed by atoms with Crippen LogP contribution in [0.2, 0.25) is 0 Å². The minimum Gasteiger partial charge on any atom is -0.381 e.